The largest absolute Gasteiger partial charge is 0.334 e. The van der Waals surface area contributed by atoms with Crippen LogP contribution >= 0.6 is 12.4 Å². The van der Waals surface area contributed by atoms with Gasteiger partial charge in [0.15, 0.2) is 5.82 Å². The molecule has 0 aliphatic heterocycles. The SMILES string of the molecule is CCN(CC)S(=O)(=O)c1cccc(-c2nc(C3(N)CCCC3)no2)c1.Cl. The molecule has 7 nitrogen and oxygen atoms in total. The zero-order valence-electron chi connectivity index (χ0n) is 15.0. The summed E-state index contributed by atoms with van der Waals surface area (Å²) >= 11 is 0. The number of rotatable bonds is 6. The Labute approximate surface area is 160 Å². The number of hydrogen-bond donors (Lipinski definition) is 1. The minimum Gasteiger partial charge on any atom is -0.334 e. The van der Waals surface area contributed by atoms with Crippen LogP contribution in [0.4, 0.5) is 0 Å². The van der Waals surface area contributed by atoms with E-state index in [0.717, 1.165) is 25.7 Å². The third kappa shape index (κ3) is 3.78. The van der Waals surface area contributed by atoms with Gasteiger partial charge in [-0.15, -0.1) is 12.4 Å². The summed E-state index contributed by atoms with van der Waals surface area (Å²) < 4.78 is 32.1. The van der Waals surface area contributed by atoms with Crippen LogP contribution in [0.3, 0.4) is 0 Å². The van der Waals surface area contributed by atoms with Crippen LogP contribution < -0.4 is 5.73 Å². The van der Waals surface area contributed by atoms with E-state index in [2.05, 4.69) is 10.1 Å². The zero-order valence-corrected chi connectivity index (χ0v) is 16.6. The molecule has 0 radical (unpaired) electrons. The normalized spacial score (nSPS) is 16.6. The first kappa shape index (κ1) is 20.8. The second-order valence-electron chi connectivity index (χ2n) is 6.40. The van der Waals surface area contributed by atoms with Crippen LogP contribution in [-0.2, 0) is 15.6 Å². The predicted octanol–water partition coefficient (Wildman–Crippen LogP) is 2.92. The summed E-state index contributed by atoms with van der Waals surface area (Å²) in [6, 6.07) is 6.60. The maximum atomic E-state index is 12.7. The van der Waals surface area contributed by atoms with Gasteiger partial charge in [-0.3, -0.25) is 0 Å². The lowest BCUT2D eigenvalue weighted by molar-refractivity contribution is 0.372. The average Bonchev–Trinajstić information content (AvgIpc) is 3.26. The highest BCUT2D eigenvalue weighted by Gasteiger charge is 2.36. The van der Waals surface area contributed by atoms with Crippen molar-refractivity contribution in [1.82, 2.24) is 14.4 Å². The first-order chi connectivity index (χ1) is 11.9. The zero-order chi connectivity index (χ0) is 18.1. The van der Waals surface area contributed by atoms with Crippen LogP contribution in [0.15, 0.2) is 33.7 Å². The third-order valence-corrected chi connectivity index (χ3v) is 6.84. The Hall–Kier alpha value is -1.48. The highest BCUT2D eigenvalue weighted by molar-refractivity contribution is 7.89. The minimum absolute atomic E-state index is 0. The second-order valence-corrected chi connectivity index (χ2v) is 8.34. The second kappa shape index (κ2) is 8.04. The van der Waals surface area contributed by atoms with E-state index < -0.39 is 15.6 Å². The summed E-state index contributed by atoms with van der Waals surface area (Å²) in [4.78, 5) is 4.65. The molecular formula is C17H25ClN4O3S. The highest BCUT2D eigenvalue weighted by atomic mass is 35.5. The molecule has 1 fully saturated rings. The van der Waals surface area contributed by atoms with Crippen LogP contribution in [0, 0.1) is 0 Å². The van der Waals surface area contributed by atoms with Gasteiger partial charge < -0.3 is 10.3 Å². The van der Waals surface area contributed by atoms with Gasteiger partial charge in [-0.05, 0) is 31.0 Å². The molecule has 26 heavy (non-hydrogen) atoms. The standard InChI is InChI=1S/C17H24N4O3S.ClH/c1-3-21(4-2)25(22,23)14-9-7-8-13(12-14)15-19-16(20-24-15)17(18)10-5-6-11-17;/h7-9,12H,3-6,10-11,18H2,1-2H3;1H. The fourth-order valence-electron chi connectivity index (χ4n) is 3.27. The minimum atomic E-state index is -3.53. The van der Waals surface area contributed by atoms with Crippen LogP contribution in [0.2, 0.25) is 0 Å². The Balaban J connectivity index is 0.00000243. The maximum Gasteiger partial charge on any atom is 0.258 e. The van der Waals surface area contributed by atoms with Crippen molar-refractivity contribution in [2.24, 2.45) is 5.73 Å². The maximum absolute atomic E-state index is 12.7. The van der Waals surface area contributed by atoms with Gasteiger partial charge in [0.25, 0.3) is 5.89 Å². The Bertz CT molecular complexity index is 843. The van der Waals surface area contributed by atoms with Crippen molar-refractivity contribution in [3.8, 4) is 11.5 Å². The molecule has 0 bridgehead atoms. The van der Waals surface area contributed by atoms with Gasteiger partial charge >= 0.3 is 0 Å². The number of halogens is 1. The molecule has 1 saturated carbocycles. The van der Waals surface area contributed by atoms with Crippen LogP contribution in [-0.4, -0.2) is 36.0 Å². The molecule has 0 atom stereocenters. The topological polar surface area (TPSA) is 102 Å². The van der Waals surface area contributed by atoms with Crippen LogP contribution in [0.5, 0.6) is 0 Å². The quantitative estimate of drug-likeness (QED) is 0.799. The number of nitrogens with zero attached hydrogens (tertiary/aromatic N) is 3. The summed E-state index contributed by atoms with van der Waals surface area (Å²) in [6.07, 6.45) is 3.78. The summed E-state index contributed by atoms with van der Waals surface area (Å²) in [5, 5.41) is 4.03. The van der Waals surface area contributed by atoms with Crippen molar-refractivity contribution in [3.63, 3.8) is 0 Å². The Morgan fingerprint density at radius 3 is 2.50 bits per heavy atom. The van der Waals surface area contributed by atoms with E-state index in [-0.39, 0.29) is 17.3 Å². The molecule has 0 amide bonds. The van der Waals surface area contributed by atoms with E-state index in [1.165, 1.54) is 4.31 Å². The monoisotopic (exact) mass is 400 g/mol. The molecule has 9 heteroatoms. The fraction of sp³-hybridized carbons (Fsp3) is 0.529. The molecule has 2 aromatic rings. The first-order valence-electron chi connectivity index (χ1n) is 8.64. The lowest BCUT2D eigenvalue weighted by Gasteiger charge is -2.18. The molecule has 1 heterocycles. The number of sulfonamides is 1. The van der Waals surface area contributed by atoms with Crippen molar-refractivity contribution in [2.45, 2.75) is 50.0 Å². The molecule has 0 saturated heterocycles. The van der Waals surface area contributed by atoms with Crippen molar-refractivity contribution >= 4 is 22.4 Å². The van der Waals surface area contributed by atoms with E-state index >= 15 is 0 Å². The van der Waals surface area contributed by atoms with E-state index in [9.17, 15) is 8.42 Å². The molecule has 1 aromatic heterocycles. The smallest absolute Gasteiger partial charge is 0.258 e. The Morgan fingerprint density at radius 2 is 1.88 bits per heavy atom. The third-order valence-electron chi connectivity index (χ3n) is 4.79. The van der Waals surface area contributed by atoms with Crippen LogP contribution in [0.25, 0.3) is 11.5 Å². The molecule has 1 aliphatic carbocycles. The number of nitrogens with two attached hydrogens (primary N) is 1. The molecule has 0 spiro atoms. The van der Waals surface area contributed by atoms with E-state index in [1.54, 1.807) is 24.3 Å². The number of hydrogen-bond acceptors (Lipinski definition) is 6. The molecule has 1 aromatic carbocycles. The van der Waals surface area contributed by atoms with Crippen molar-refractivity contribution in [2.75, 3.05) is 13.1 Å². The summed E-state index contributed by atoms with van der Waals surface area (Å²) in [5.74, 6) is 0.792. The lowest BCUT2D eigenvalue weighted by Crippen LogP contribution is -2.34. The van der Waals surface area contributed by atoms with Gasteiger partial charge in [-0.1, -0.05) is 37.9 Å². The van der Waals surface area contributed by atoms with Gasteiger partial charge in [0.05, 0.1) is 10.4 Å². The highest BCUT2D eigenvalue weighted by Crippen LogP contribution is 2.35. The van der Waals surface area contributed by atoms with E-state index in [1.807, 2.05) is 13.8 Å². The number of benzene rings is 1. The van der Waals surface area contributed by atoms with Crippen molar-refractivity contribution < 1.29 is 12.9 Å². The van der Waals surface area contributed by atoms with Gasteiger partial charge in [0, 0.05) is 18.7 Å². The fourth-order valence-corrected chi connectivity index (χ4v) is 4.78. The molecule has 3 rings (SSSR count). The van der Waals surface area contributed by atoms with Crippen molar-refractivity contribution in [1.29, 1.82) is 0 Å². The molecule has 0 unspecified atom stereocenters. The van der Waals surface area contributed by atoms with Gasteiger partial charge in [-0.25, -0.2) is 8.42 Å². The van der Waals surface area contributed by atoms with E-state index in [0.29, 0.717) is 30.4 Å². The Morgan fingerprint density at radius 1 is 1.23 bits per heavy atom. The average molecular weight is 401 g/mol. The van der Waals surface area contributed by atoms with Gasteiger partial charge in [-0.2, -0.15) is 9.29 Å². The van der Waals surface area contributed by atoms with Crippen molar-refractivity contribution in [3.05, 3.63) is 30.1 Å². The first-order valence-corrected chi connectivity index (χ1v) is 10.1. The summed E-state index contributed by atoms with van der Waals surface area (Å²) in [7, 11) is -3.53. The summed E-state index contributed by atoms with van der Waals surface area (Å²) in [6.45, 7) is 4.47. The molecule has 1 aliphatic rings. The Kier molecular flexibility index (Phi) is 6.44. The molecular weight excluding hydrogens is 376 g/mol. The van der Waals surface area contributed by atoms with Gasteiger partial charge in [0.1, 0.15) is 0 Å². The van der Waals surface area contributed by atoms with Gasteiger partial charge in [0.2, 0.25) is 10.0 Å². The van der Waals surface area contributed by atoms with E-state index in [4.69, 9.17) is 10.3 Å². The predicted molar refractivity (Wildman–Crippen MR) is 101 cm³/mol. The molecule has 144 valence electrons. The number of aromatic nitrogens is 2. The lowest BCUT2D eigenvalue weighted by atomic mass is 9.99. The molecule has 2 N–H and O–H groups in total. The summed E-state index contributed by atoms with van der Waals surface area (Å²) in [5.41, 5.74) is 6.40. The van der Waals surface area contributed by atoms with Crippen LogP contribution in [0.1, 0.15) is 45.4 Å².